The molecule has 1 saturated carbocycles. The third kappa shape index (κ3) is 6.68. The standard InChI is InChI=1S/C15H30N2O3/c1-4-16-13-6-8-14(9-7-13)20-12(2)15(18)17-10-5-11-19-3/h12-14,16H,4-11H2,1-3H3,(H,17,18). The molecule has 1 aliphatic carbocycles. The van der Waals surface area contributed by atoms with Gasteiger partial charge in [-0.15, -0.1) is 0 Å². The molecule has 1 aliphatic rings. The first-order valence-electron chi connectivity index (χ1n) is 7.82. The van der Waals surface area contributed by atoms with Gasteiger partial charge in [-0.1, -0.05) is 6.92 Å². The summed E-state index contributed by atoms with van der Waals surface area (Å²) in [5, 5.41) is 6.35. The second-order valence-electron chi connectivity index (χ2n) is 5.45. The van der Waals surface area contributed by atoms with Crippen LogP contribution in [0.2, 0.25) is 0 Å². The van der Waals surface area contributed by atoms with Gasteiger partial charge in [0.1, 0.15) is 6.10 Å². The molecule has 5 heteroatoms. The third-order valence-corrected chi connectivity index (χ3v) is 3.76. The highest BCUT2D eigenvalue weighted by Gasteiger charge is 2.24. The van der Waals surface area contributed by atoms with Crippen LogP contribution in [0.4, 0.5) is 0 Å². The van der Waals surface area contributed by atoms with E-state index >= 15 is 0 Å². The van der Waals surface area contributed by atoms with E-state index in [0.717, 1.165) is 38.6 Å². The number of rotatable bonds is 9. The van der Waals surface area contributed by atoms with Crippen LogP contribution in [0.25, 0.3) is 0 Å². The number of methoxy groups -OCH3 is 1. The zero-order chi connectivity index (χ0) is 14.8. The lowest BCUT2D eigenvalue weighted by atomic mass is 9.93. The molecular weight excluding hydrogens is 256 g/mol. The van der Waals surface area contributed by atoms with Crippen LogP contribution < -0.4 is 10.6 Å². The van der Waals surface area contributed by atoms with Crippen molar-refractivity contribution in [2.75, 3.05) is 26.8 Å². The van der Waals surface area contributed by atoms with Gasteiger partial charge in [-0.2, -0.15) is 0 Å². The minimum atomic E-state index is -0.363. The van der Waals surface area contributed by atoms with Gasteiger partial charge in [-0.25, -0.2) is 0 Å². The van der Waals surface area contributed by atoms with Crippen molar-refractivity contribution in [3.63, 3.8) is 0 Å². The van der Waals surface area contributed by atoms with Gasteiger partial charge in [0.25, 0.3) is 0 Å². The highest BCUT2D eigenvalue weighted by Crippen LogP contribution is 2.22. The highest BCUT2D eigenvalue weighted by atomic mass is 16.5. The zero-order valence-electron chi connectivity index (χ0n) is 13.1. The Morgan fingerprint density at radius 3 is 2.60 bits per heavy atom. The Kier molecular flexibility index (Phi) is 8.82. The summed E-state index contributed by atoms with van der Waals surface area (Å²) in [6.45, 7) is 6.31. The molecule has 2 N–H and O–H groups in total. The number of nitrogens with one attached hydrogen (secondary N) is 2. The lowest BCUT2D eigenvalue weighted by Gasteiger charge is -2.30. The molecule has 118 valence electrons. The van der Waals surface area contributed by atoms with E-state index in [-0.39, 0.29) is 18.1 Å². The Hall–Kier alpha value is -0.650. The maximum Gasteiger partial charge on any atom is 0.248 e. The predicted octanol–water partition coefficient (Wildman–Crippen LogP) is 1.46. The number of amides is 1. The van der Waals surface area contributed by atoms with E-state index in [9.17, 15) is 4.79 Å². The van der Waals surface area contributed by atoms with E-state index in [1.165, 1.54) is 0 Å². The van der Waals surface area contributed by atoms with Gasteiger partial charge in [-0.05, 0) is 45.6 Å². The number of carbonyl (C=O) groups excluding carboxylic acids is 1. The van der Waals surface area contributed by atoms with Crippen molar-refractivity contribution in [2.24, 2.45) is 0 Å². The van der Waals surface area contributed by atoms with Crippen molar-refractivity contribution in [3.05, 3.63) is 0 Å². The predicted molar refractivity (Wildman–Crippen MR) is 79.8 cm³/mol. The molecule has 5 nitrogen and oxygen atoms in total. The number of ether oxygens (including phenoxy) is 2. The Morgan fingerprint density at radius 2 is 2.00 bits per heavy atom. The average molecular weight is 286 g/mol. The fourth-order valence-corrected chi connectivity index (χ4v) is 2.61. The van der Waals surface area contributed by atoms with Gasteiger partial charge >= 0.3 is 0 Å². The molecule has 0 radical (unpaired) electrons. The summed E-state index contributed by atoms with van der Waals surface area (Å²) in [6, 6.07) is 0.623. The topological polar surface area (TPSA) is 59.6 Å². The molecule has 0 aromatic carbocycles. The van der Waals surface area contributed by atoms with Gasteiger partial charge in [0.15, 0.2) is 0 Å². The van der Waals surface area contributed by atoms with Crippen molar-refractivity contribution in [1.29, 1.82) is 0 Å². The van der Waals surface area contributed by atoms with E-state index in [2.05, 4.69) is 17.6 Å². The highest BCUT2D eigenvalue weighted by molar-refractivity contribution is 5.80. The van der Waals surface area contributed by atoms with Crippen LogP contribution in [0.1, 0.15) is 46.0 Å². The summed E-state index contributed by atoms with van der Waals surface area (Å²) >= 11 is 0. The van der Waals surface area contributed by atoms with Gasteiger partial charge in [-0.3, -0.25) is 4.79 Å². The minimum Gasteiger partial charge on any atom is -0.385 e. The van der Waals surface area contributed by atoms with E-state index in [4.69, 9.17) is 9.47 Å². The molecule has 1 rings (SSSR count). The lowest BCUT2D eigenvalue weighted by molar-refractivity contribution is -0.136. The molecule has 1 fully saturated rings. The van der Waals surface area contributed by atoms with Crippen LogP contribution >= 0.6 is 0 Å². The second-order valence-corrected chi connectivity index (χ2v) is 5.45. The maximum atomic E-state index is 11.9. The lowest BCUT2D eigenvalue weighted by Crippen LogP contribution is -2.40. The van der Waals surface area contributed by atoms with E-state index in [0.29, 0.717) is 19.2 Å². The van der Waals surface area contributed by atoms with Gasteiger partial charge in [0.2, 0.25) is 5.91 Å². The molecule has 0 aromatic heterocycles. The molecule has 0 saturated heterocycles. The summed E-state index contributed by atoms with van der Waals surface area (Å²) in [5.74, 6) is -0.0186. The average Bonchev–Trinajstić information content (AvgIpc) is 2.45. The summed E-state index contributed by atoms with van der Waals surface area (Å²) in [7, 11) is 1.66. The molecule has 0 heterocycles. The largest absolute Gasteiger partial charge is 0.385 e. The molecule has 0 aliphatic heterocycles. The van der Waals surface area contributed by atoms with Crippen molar-refractivity contribution < 1.29 is 14.3 Å². The smallest absolute Gasteiger partial charge is 0.248 e. The first-order chi connectivity index (χ1) is 9.67. The summed E-state index contributed by atoms with van der Waals surface area (Å²) in [4.78, 5) is 11.9. The van der Waals surface area contributed by atoms with Crippen molar-refractivity contribution in [1.82, 2.24) is 10.6 Å². The third-order valence-electron chi connectivity index (χ3n) is 3.76. The van der Waals surface area contributed by atoms with Crippen LogP contribution in [0, 0.1) is 0 Å². The molecule has 1 unspecified atom stereocenters. The quantitative estimate of drug-likeness (QED) is 0.630. The molecule has 1 amide bonds. The Labute approximate surface area is 122 Å². The molecule has 0 spiro atoms. The number of hydrogen-bond donors (Lipinski definition) is 2. The summed E-state index contributed by atoms with van der Waals surface area (Å²) in [6.07, 6.45) is 5.06. The van der Waals surface area contributed by atoms with E-state index in [1.807, 2.05) is 6.92 Å². The Morgan fingerprint density at radius 1 is 1.30 bits per heavy atom. The number of hydrogen-bond acceptors (Lipinski definition) is 4. The molecular formula is C15H30N2O3. The van der Waals surface area contributed by atoms with Gasteiger partial charge in [0.05, 0.1) is 6.10 Å². The first kappa shape index (κ1) is 17.4. The zero-order valence-corrected chi connectivity index (χ0v) is 13.1. The van der Waals surface area contributed by atoms with Crippen LogP contribution in [-0.4, -0.2) is 51.0 Å². The van der Waals surface area contributed by atoms with Crippen molar-refractivity contribution in [3.8, 4) is 0 Å². The minimum absolute atomic E-state index is 0.0186. The molecule has 1 atom stereocenters. The Bertz CT molecular complexity index is 266. The van der Waals surface area contributed by atoms with Crippen LogP contribution in [0.3, 0.4) is 0 Å². The van der Waals surface area contributed by atoms with Crippen LogP contribution in [0.5, 0.6) is 0 Å². The van der Waals surface area contributed by atoms with E-state index < -0.39 is 0 Å². The fraction of sp³-hybridized carbons (Fsp3) is 0.933. The Balaban J connectivity index is 2.15. The monoisotopic (exact) mass is 286 g/mol. The first-order valence-corrected chi connectivity index (χ1v) is 7.82. The second kappa shape index (κ2) is 10.1. The van der Waals surface area contributed by atoms with E-state index in [1.54, 1.807) is 7.11 Å². The van der Waals surface area contributed by atoms with Gasteiger partial charge < -0.3 is 20.1 Å². The molecule has 0 aromatic rings. The molecule has 20 heavy (non-hydrogen) atoms. The summed E-state index contributed by atoms with van der Waals surface area (Å²) in [5.41, 5.74) is 0. The SMILES string of the molecule is CCNC1CCC(OC(C)C(=O)NCCCOC)CC1. The molecule has 0 bridgehead atoms. The summed E-state index contributed by atoms with van der Waals surface area (Å²) < 4.78 is 10.8. The number of carbonyl (C=O) groups is 1. The normalized spacial score (nSPS) is 24.4. The fourth-order valence-electron chi connectivity index (χ4n) is 2.61. The van der Waals surface area contributed by atoms with Gasteiger partial charge in [0, 0.05) is 26.3 Å². The van der Waals surface area contributed by atoms with Crippen LogP contribution in [0.15, 0.2) is 0 Å². The maximum absolute atomic E-state index is 11.9. The van der Waals surface area contributed by atoms with Crippen molar-refractivity contribution >= 4 is 5.91 Å². The van der Waals surface area contributed by atoms with Crippen molar-refractivity contribution in [2.45, 2.75) is 64.2 Å². The van der Waals surface area contributed by atoms with Crippen LogP contribution in [-0.2, 0) is 14.3 Å².